The normalized spacial score (nSPS) is 13.1. The van der Waals surface area contributed by atoms with Crippen LogP contribution in [0.15, 0.2) is 164 Å². The zero-order valence-electron chi connectivity index (χ0n) is 50.8. The fraction of sp³-hybridized carbons (Fsp3) is 0.320. The molecule has 0 aliphatic carbocycles. The zero-order chi connectivity index (χ0) is 57.2. The standard InChI is InChI=1S/C75H81N5/c1-70(2,3)49-32-35-64-58(44-49)59-45-50(71(4,5)6)33-36-65(59)79(64)61-28-22-19-25-55(61)46-31-34-66(80-62-29-23-20-26-56(62)57-27-21-24-30-63(57)80)60(41-46)69-77-67(47-37-51(72(7,8)9)42-52(38-47)73(10,11)12)76-68(78-69)48-39-53(74(13,14)15)43-54(40-48)75(16,17)18/h19-45H,1-18H3. The fourth-order valence-corrected chi connectivity index (χ4v) is 11.4. The topological polar surface area (TPSA) is 48.5 Å². The number of aromatic nitrogens is 5. The van der Waals surface area contributed by atoms with E-state index in [0.29, 0.717) is 17.5 Å². The minimum atomic E-state index is -0.122. The molecule has 8 aromatic carbocycles. The lowest BCUT2D eigenvalue weighted by Crippen LogP contribution is -2.17. The van der Waals surface area contributed by atoms with Crippen molar-refractivity contribution in [2.45, 2.75) is 157 Å². The lowest BCUT2D eigenvalue weighted by atomic mass is 9.79. The van der Waals surface area contributed by atoms with Gasteiger partial charge in [0.15, 0.2) is 17.5 Å². The Bertz CT molecular complexity index is 3950. The Kier molecular flexibility index (Phi) is 12.9. The van der Waals surface area contributed by atoms with Crippen molar-refractivity contribution in [1.82, 2.24) is 24.1 Å². The Morgan fingerprint density at radius 2 is 0.600 bits per heavy atom. The van der Waals surface area contributed by atoms with E-state index < -0.39 is 0 Å². The quantitative estimate of drug-likeness (QED) is 0.167. The van der Waals surface area contributed by atoms with E-state index in [1.807, 2.05) is 0 Å². The summed E-state index contributed by atoms with van der Waals surface area (Å²) in [4.78, 5) is 17.0. The molecule has 406 valence electrons. The smallest absolute Gasteiger partial charge is 0.166 e. The number of rotatable bonds is 6. The largest absolute Gasteiger partial charge is 0.309 e. The molecular weight excluding hydrogens is 971 g/mol. The second-order valence-electron chi connectivity index (χ2n) is 28.8. The molecule has 0 fully saturated rings. The van der Waals surface area contributed by atoms with Gasteiger partial charge in [0.1, 0.15) is 0 Å². The van der Waals surface area contributed by atoms with E-state index in [0.717, 1.165) is 50.2 Å². The molecule has 0 atom stereocenters. The SMILES string of the molecule is CC(C)(C)c1cc(-c2nc(-c3cc(C(C)(C)C)cc(C(C)(C)C)c3)nc(-c3cc(-c4ccccc4-n4c5ccc(C(C)(C)C)cc5c5cc(C(C)(C)C)ccc54)ccc3-n3c4ccccc4c4ccccc43)n2)cc(C(C)(C)C)c1. The van der Waals surface area contributed by atoms with Crippen LogP contribution in [0.5, 0.6) is 0 Å². The fourth-order valence-electron chi connectivity index (χ4n) is 11.4. The summed E-state index contributed by atoms with van der Waals surface area (Å²) in [5, 5.41) is 4.91. The summed E-state index contributed by atoms with van der Waals surface area (Å²) in [6.45, 7) is 41.4. The maximum atomic E-state index is 5.72. The minimum Gasteiger partial charge on any atom is -0.309 e. The molecule has 0 spiro atoms. The maximum Gasteiger partial charge on any atom is 0.166 e. The minimum absolute atomic E-state index is 0.0139. The molecule has 0 unspecified atom stereocenters. The molecule has 0 aliphatic heterocycles. The highest BCUT2D eigenvalue weighted by atomic mass is 15.1. The van der Waals surface area contributed by atoms with Crippen molar-refractivity contribution in [3.63, 3.8) is 0 Å². The number of hydrogen-bond acceptors (Lipinski definition) is 3. The average molecular weight is 1050 g/mol. The lowest BCUT2D eigenvalue weighted by Gasteiger charge is -2.26. The molecule has 0 saturated heterocycles. The molecule has 0 bridgehead atoms. The predicted molar refractivity (Wildman–Crippen MR) is 342 cm³/mol. The lowest BCUT2D eigenvalue weighted by molar-refractivity contribution is 0.568. The number of para-hydroxylation sites is 3. The van der Waals surface area contributed by atoms with Crippen LogP contribution in [0.3, 0.4) is 0 Å². The van der Waals surface area contributed by atoms with Crippen LogP contribution in [0.1, 0.15) is 158 Å². The van der Waals surface area contributed by atoms with Crippen LogP contribution in [0, 0.1) is 0 Å². The first kappa shape index (κ1) is 54.3. The molecule has 80 heavy (non-hydrogen) atoms. The predicted octanol–water partition coefficient (Wildman–Crippen LogP) is 20.5. The Morgan fingerprint density at radius 3 is 1.01 bits per heavy atom. The summed E-state index contributed by atoms with van der Waals surface area (Å²) >= 11 is 0. The van der Waals surface area contributed by atoms with Gasteiger partial charge >= 0.3 is 0 Å². The first-order chi connectivity index (χ1) is 37.4. The van der Waals surface area contributed by atoms with E-state index in [2.05, 4.69) is 298 Å². The van der Waals surface area contributed by atoms with Gasteiger partial charge in [0, 0.05) is 43.8 Å². The van der Waals surface area contributed by atoms with Gasteiger partial charge in [-0.25, -0.2) is 15.0 Å². The van der Waals surface area contributed by atoms with Crippen molar-refractivity contribution in [3.8, 4) is 56.7 Å². The second-order valence-corrected chi connectivity index (χ2v) is 28.8. The van der Waals surface area contributed by atoms with Crippen LogP contribution in [0.25, 0.3) is 100 Å². The van der Waals surface area contributed by atoms with E-state index in [1.165, 1.54) is 66.0 Å². The molecule has 11 rings (SSSR count). The van der Waals surface area contributed by atoms with Crippen LogP contribution in [0.4, 0.5) is 0 Å². The zero-order valence-corrected chi connectivity index (χ0v) is 50.8. The Labute approximate surface area is 476 Å². The third-order valence-electron chi connectivity index (χ3n) is 16.5. The number of fused-ring (bicyclic) bond motifs is 6. The van der Waals surface area contributed by atoms with E-state index in [-0.39, 0.29) is 32.5 Å². The van der Waals surface area contributed by atoms with Crippen LogP contribution < -0.4 is 0 Å². The molecule has 0 radical (unpaired) electrons. The molecule has 11 aromatic rings. The van der Waals surface area contributed by atoms with Crippen molar-refractivity contribution in [2.24, 2.45) is 0 Å². The highest BCUT2D eigenvalue weighted by Gasteiger charge is 2.28. The Hall–Kier alpha value is -7.63. The van der Waals surface area contributed by atoms with Gasteiger partial charge < -0.3 is 9.13 Å². The van der Waals surface area contributed by atoms with Gasteiger partial charge in [0.05, 0.1) is 33.4 Å². The summed E-state index contributed by atoms with van der Waals surface area (Å²) in [7, 11) is 0. The van der Waals surface area contributed by atoms with Crippen LogP contribution in [-0.4, -0.2) is 24.1 Å². The molecule has 5 heteroatoms. The van der Waals surface area contributed by atoms with Crippen LogP contribution >= 0.6 is 0 Å². The molecule has 5 nitrogen and oxygen atoms in total. The summed E-state index contributed by atoms with van der Waals surface area (Å²) in [6.07, 6.45) is 0. The van der Waals surface area contributed by atoms with Gasteiger partial charge in [-0.05, 0) is 150 Å². The summed E-state index contributed by atoms with van der Waals surface area (Å²) in [6, 6.07) is 61.6. The van der Waals surface area contributed by atoms with E-state index in [9.17, 15) is 0 Å². The van der Waals surface area contributed by atoms with Crippen molar-refractivity contribution in [2.75, 3.05) is 0 Å². The Morgan fingerprint density at radius 1 is 0.250 bits per heavy atom. The Balaban J connectivity index is 1.25. The van der Waals surface area contributed by atoms with Crippen LogP contribution in [0.2, 0.25) is 0 Å². The van der Waals surface area contributed by atoms with Gasteiger partial charge in [-0.1, -0.05) is 210 Å². The number of nitrogens with zero attached hydrogens (tertiary/aromatic N) is 5. The second kappa shape index (κ2) is 19.0. The third-order valence-corrected chi connectivity index (χ3v) is 16.5. The molecule has 0 saturated carbocycles. The summed E-state index contributed by atoms with van der Waals surface area (Å²) in [5.74, 6) is 1.90. The van der Waals surface area contributed by atoms with E-state index in [1.54, 1.807) is 0 Å². The monoisotopic (exact) mass is 1050 g/mol. The summed E-state index contributed by atoms with van der Waals surface area (Å²) < 4.78 is 4.91. The first-order valence-electron chi connectivity index (χ1n) is 28.8. The van der Waals surface area contributed by atoms with Gasteiger partial charge in [-0.15, -0.1) is 0 Å². The van der Waals surface area contributed by atoms with Gasteiger partial charge in [-0.2, -0.15) is 0 Å². The van der Waals surface area contributed by atoms with Crippen LogP contribution in [-0.2, 0) is 32.5 Å². The highest BCUT2D eigenvalue weighted by Crippen LogP contribution is 2.44. The van der Waals surface area contributed by atoms with Crippen molar-refractivity contribution in [3.05, 3.63) is 197 Å². The number of benzene rings is 8. The number of hydrogen-bond donors (Lipinski definition) is 0. The van der Waals surface area contributed by atoms with Gasteiger partial charge in [0.25, 0.3) is 0 Å². The molecule has 0 aliphatic rings. The van der Waals surface area contributed by atoms with Crippen molar-refractivity contribution in [1.29, 1.82) is 0 Å². The summed E-state index contributed by atoms with van der Waals surface area (Å²) in [5.41, 5.74) is 18.8. The van der Waals surface area contributed by atoms with Crippen molar-refractivity contribution < 1.29 is 0 Å². The molecule has 0 N–H and O–H groups in total. The highest BCUT2D eigenvalue weighted by molar-refractivity contribution is 6.11. The van der Waals surface area contributed by atoms with Gasteiger partial charge in [-0.3, -0.25) is 0 Å². The molecular formula is C75H81N5. The van der Waals surface area contributed by atoms with Crippen molar-refractivity contribution >= 4 is 43.6 Å². The third kappa shape index (κ3) is 9.96. The molecule has 3 aromatic heterocycles. The van der Waals surface area contributed by atoms with E-state index in [4.69, 9.17) is 15.0 Å². The van der Waals surface area contributed by atoms with E-state index >= 15 is 0 Å². The first-order valence-corrected chi connectivity index (χ1v) is 28.8. The maximum absolute atomic E-state index is 5.72. The van der Waals surface area contributed by atoms with Gasteiger partial charge in [0.2, 0.25) is 0 Å². The molecule has 3 heterocycles. The average Bonchev–Trinajstić information content (AvgIpc) is 4.14. The molecule has 0 amide bonds.